The van der Waals surface area contributed by atoms with Crippen LogP contribution in [-0.2, 0) is 0 Å². The molecule has 0 fully saturated rings. The Hall–Kier alpha value is -3.25. The molecule has 29 heavy (non-hydrogen) atoms. The molecule has 0 saturated carbocycles. The molecule has 0 aliphatic rings. The maximum atomic E-state index is 14.1. The summed E-state index contributed by atoms with van der Waals surface area (Å²) in [4.78, 5) is 23.6. The number of nitrogens with zero attached hydrogens (tertiary/aromatic N) is 2. The van der Waals surface area contributed by atoms with Crippen LogP contribution in [0.5, 0.6) is 0 Å². The predicted molar refractivity (Wildman–Crippen MR) is 114 cm³/mol. The van der Waals surface area contributed by atoms with Crippen LogP contribution >= 0.6 is 11.6 Å². The maximum absolute atomic E-state index is 14.1. The fraction of sp³-hybridized carbons (Fsp3) is 0.136. The first kappa shape index (κ1) is 19.1. The number of aryl methyl sites for hydroxylation is 1. The lowest BCUT2D eigenvalue weighted by molar-refractivity contribution is 0.636. The van der Waals surface area contributed by atoms with Gasteiger partial charge in [-0.25, -0.2) is 9.37 Å². The third-order valence-corrected chi connectivity index (χ3v) is 5.04. The molecule has 7 heteroatoms. The minimum absolute atomic E-state index is 0.142. The summed E-state index contributed by atoms with van der Waals surface area (Å²) in [7, 11) is 0. The number of nitrogens with one attached hydrogen (secondary N) is 2. The third kappa shape index (κ3) is 3.84. The van der Waals surface area contributed by atoms with Gasteiger partial charge in [0.15, 0.2) is 0 Å². The minimum atomic E-state index is -0.557. The first-order chi connectivity index (χ1) is 13.9. The number of H-pyrrole nitrogens is 1. The molecule has 0 saturated heterocycles. The molecule has 4 rings (SSSR count). The van der Waals surface area contributed by atoms with Crippen molar-refractivity contribution in [2.75, 3.05) is 5.32 Å². The molecule has 0 unspecified atom stereocenters. The zero-order valence-corrected chi connectivity index (χ0v) is 16.6. The van der Waals surface area contributed by atoms with E-state index in [1.165, 1.54) is 6.07 Å². The van der Waals surface area contributed by atoms with E-state index in [1.54, 1.807) is 24.5 Å². The van der Waals surface area contributed by atoms with Crippen LogP contribution in [-0.4, -0.2) is 15.0 Å². The molecule has 1 aromatic carbocycles. The summed E-state index contributed by atoms with van der Waals surface area (Å²) in [5.41, 5.74) is 3.36. The second-order valence-corrected chi connectivity index (χ2v) is 7.33. The van der Waals surface area contributed by atoms with Gasteiger partial charge in [0, 0.05) is 34.6 Å². The Bertz CT molecular complexity index is 1270. The summed E-state index contributed by atoms with van der Waals surface area (Å²) < 4.78 is 14.1. The number of fused-ring (bicyclic) bond motifs is 1. The van der Waals surface area contributed by atoms with E-state index in [0.717, 1.165) is 16.7 Å². The van der Waals surface area contributed by atoms with Gasteiger partial charge in [0.25, 0.3) is 5.56 Å². The summed E-state index contributed by atoms with van der Waals surface area (Å²) in [6.45, 7) is 3.85. The topological polar surface area (TPSA) is 70.7 Å². The van der Waals surface area contributed by atoms with Gasteiger partial charge in [-0.15, -0.1) is 0 Å². The Morgan fingerprint density at radius 2 is 2.00 bits per heavy atom. The van der Waals surface area contributed by atoms with Crippen molar-refractivity contribution in [1.82, 2.24) is 15.0 Å². The van der Waals surface area contributed by atoms with E-state index in [-0.39, 0.29) is 22.1 Å². The van der Waals surface area contributed by atoms with Gasteiger partial charge >= 0.3 is 0 Å². The monoisotopic (exact) mass is 408 g/mol. The molecule has 4 aromatic rings. The highest BCUT2D eigenvalue weighted by molar-refractivity contribution is 6.31. The molecular weight excluding hydrogens is 391 g/mol. The van der Waals surface area contributed by atoms with Gasteiger partial charge in [-0.3, -0.25) is 9.78 Å². The van der Waals surface area contributed by atoms with Crippen LogP contribution in [0.25, 0.3) is 22.0 Å². The van der Waals surface area contributed by atoms with Crippen molar-refractivity contribution < 1.29 is 4.39 Å². The first-order valence-corrected chi connectivity index (χ1v) is 9.46. The van der Waals surface area contributed by atoms with E-state index in [9.17, 15) is 9.18 Å². The molecule has 1 atom stereocenters. The largest absolute Gasteiger partial charge is 0.363 e. The third-order valence-electron chi connectivity index (χ3n) is 4.82. The Balaban J connectivity index is 1.67. The van der Waals surface area contributed by atoms with Crippen molar-refractivity contribution in [3.63, 3.8) is 0 Å². The summed E-state index contributed by atoms with van der Waals surface area (Å²) in [6.07, 6.45) is 5.27. The molecule has 0 aliphatic carbocycles. The highest BCUT2D eigenvalue weighted by Gasteiger charge is 2.14. The summed E-state index contributed by atoms with van der Waals surface area (Å²) in [5, 5.41) is 4.06. The minimum Gasteiger partial charge on any atom is -0.363 e. The molecule has 0 amide bonds. The molecule has 3 heterocycles. The number of hydrogen-bond donors (Lipinski definition) is 2. The SMILES string of the molecule is Cc1cnccc1-c1ccnc(N[C@@H](C)c2cc3cc(Cl)cc(F)c3[nH]c2=O)c1. The molecular formula is C22H18ClFN4O. The number of aromatic nitrogens is 3. The van der Waals surface area contributed by atoms with Gasteiger partial charge in [0.05, 0.1) is 11.6 Å². The second-order valence-electron chi connectivity index (χ2n) is 6.89. The zero-order chi connectivity index (χ0) is 20.5. The van der Waals surface area contributed by atoms with Crippen molar-refractivity contribution in [2.45, 2.75) is 19.9 Å². The van der Waals surface area contributed by atoms with Crippen molar-refractivity contribution in [3.8, 4) is 11.1 Å². The lowest BCUT2D eigenvalue weighted by Crippen LogP contribution is -2.20. The van der Waals surface area contributed by atoms with E-state index in [0.29, 0.717) is 16.8 Å². The molecule has 0 aliphatic heterocycles. The molecule has 0 spiro atoms. The Kier molecular flexibility index (Phi) is 5.03. The normalized spacial score (nSPS) is 12.1. The number of anilines is 1. The van der Waals surface area contributed by atoms with Gasteiger partial charge in [-0.2, -0.15) is 0 Å². The fourth-order valence-electron chi connectivity index (χ4n) is 3.35. The Morgan fingerprint density at radius 1 is 1.17 bits per heavy atom. The molecule has 146 valence electrons. The molecule has 5 nitrogen and oxygen atoms in total. The molecule has 3 aromatic heterocycles. The summed E-state index contributed by atoms with van der Waals surface area (Å²) >= 11 is 5.95. The van der Waals surface area contributed by atoms with E-state index < -0.39 is 5.82 Å². The lowest BCUT2D eigenvalue weighted by Gasteiger charge is -2.16. The van der Waals surface area contributed by atoms with Gasteiger partial charge in [0.1, 0.15) is 11.6 Å². The fourth-order valence-corrected chi connectivity index (χ4v) is 3.57. The lowest BCUT2D eigenvalue weighted by atomic mass is 10.0. The maximum Gasteiger partial charge on any atom is 0.253 e. The van der Waals surface area contributed by atoms with Crippen LogP contribution < -0.4 is 10.9 Å². The predicted octanol–water partition coefficient (Wildman–Crippen LogP) is 5.26. The van der Waals surface area contributed by atoms with Crippen LogP contribution in [0.15, 0.2) is 59.8 Å². The number of hydrogen-bond acceptors (Lipinski definition) is 4. The number of pyridine rings is 3. The standard InChI is InChI=1S/C22H18ClFN4O/c1-12-11-25-5-4-17(12)14-3-6-26-20(9-14)27-13(2)18-8-15-7-16(23)10-19(24)21(15)28-22(18)29/h3-11,13H,1-2H3,(H,26,27)(H,28,29)/t13-/m0/s1. The number of halogens is 2. The van der Waals surface area contributed by atoms with Crippen molar-refractivity contribution in [3.05, 3.63) is 87.3 Å². The van der Waals surface area contributed by atoms with E-state index in [4.69, 9.17) is 11.6 Å². The van der Waals surface area contributed by atoms with Gasteiger partial charge in [-0.05, 0) is 66.9 Å². The van der Waals surface area contributed by atoms with E-state index >= 15 is 0 Å². The summed E-state index contributed by atoms with van der Waals surface area (Å²) in [6, 6.07) is 9.89. The molecule has 2 N–H and O–H groups in total. The average molecular weight is 409 g/mol. The molecule has 0 radical (unpaired) electrons. The highest BCUT2D eigenvalue weighted by Crippen LogP contribution is 2.26. The van der Waals surface area contributed by atoms with Crippen molar-refractivity contribution in [1.29, 1.82) is 0 Å². The van der Waals surface area contributed by atoms with Gasteiger partial charge < -0.3 is 10.3 Å². The number of benzene rings is 1. The van der Waals surface area contributed by atoms with Crippen LogP contribution in [0.1, 0.15) is 24.1 Å². The van der Waals surface area contributed by atoms with Gasteiger partial charge in [0.2, 0.25) is 0 Å². The van der Waals surface area contributed by atoms with Crippen molar-refractivity contribution in [2.24, 2.45) is 0 Å². The second kappa shape index (κ2) is 7.64. The van der Waals surface area contributed by atoms with E-state index in [2.05, 4.69) is 20.3 Å². The van der Waals surface area contributed by atoms with Gasteiger partial charge in [-0.1, -0.05) is 11.6 Å². The van der Waals surface area contributed by atoms with E-state index in [1.807, 2.05) is 38.2 Å². The van der Waals surface area contributed by atoms with Crippen LogP contribution in [0.2, 0.25) is 5.02 Å². The van der Waals surface area contributed by atoms with Crippen molar-refractivity contribution >= 4 is 28.3 Å². The number of aromatic amines is 1. The highest BCUT2D eigenvalue weighted by atomic mass is 35.5. The quantitative estimate of drug-likeness (QED) is 0.483. The average Bonchev–Trinajstić information content (AvgIpc) is 2.68. The Morgan fingerprint density at radius 3 is 2.79 bits per heavy atom. The van der Waals surface area contributed by atoms with Crippen LogP contribution in [0, 0.1) is 12.7 Å². The number of rotatable bonds is 4. The Labute approximate surface area is 171 Å². The summed E-state index contributed by atoms with van der Waals surface area (Å²) in [5.74, 6) is 0.0711. The van der Waals surface area contributed by atoms with Crippen LogP contribution in [0.3, 0.4) is 0 Å². The zero-order valence-electron chi connectivity index (χ0n) is 15.8. The first-order valence-electron chi connectivity index (χ1n) is 9.08. The molecule has 0 bridgehead atoms. The van der Waals surface area contributed by atoms with Crippen LogP contribution in [0.4, 0.5) is 10.2 Å². The smallest absolute Gasteiger partial charge is 0.253 e.